The second kappa shape index (κ2) is 4.77. The molecule has 1 aromatic heterocycles. The smallest absolute Gasteiger partial charge is 0.0521 e. The van der Waals surface area contributed by atoms with E-state index in [1.165, 1.54) is 25.1 Å². The van der Waals surface area contributed by atoms with Crippen molar-refractivity contribution in [3.8, 4) is 0 Å². The first kappa shape index (κ1) is 10.6. The molecule has 2 heterocycles. The molecule has 4 heteroatoms. The van der Waals surface area contributed by atoms with E-state index >= 15 is 0 Å². The van der Waals surface area contributed by atoms with Crippen molar-refractivity contribution in [2.24, 2.45) is 7.05 Å². The average molecular weight is 208 g/mol. The molecule has 15 heavy (non-hydrogen) atoms. The molecule has 0 saturated carbocycles. The molecule has 0 radical (unpaired) electrons. The summed E-state index contributed by atoms with van der Waals surface area (Å²) in [6.45, 7) is 3.35. The van der Waals surface area contributed by atoms with E-state index in [2.05, 4.69) is 21.4 Å². The maximum atomic E-state index is 4.20. The summed E-state index contributed by atoms with van der Waals surface area (Å²) < 4.78 is 1.97. The summed E-state index contributed by atoms with van der Waals surface area (Å²) in [7, 11) is 4.04. The van der Waals surface area contributed by atoms with Gasteiger partial charge in [-0.15, -0.1) is 0 Å². The van der Waals surface area contributed by atoms with Gasteiger partial charge in [-0.25, -0.2) is 0 Å². The average Bonchev–Trinajstić information content (AvgIpc) is 2.80. The molecule has 1 N–H and O–H groups in total. The first-order chi connectivity index (χ1) is 7.31. The van der Waals surface area contributed by atoms with Crippen LogP contribution in [0.15, 0.2) is 12.3 Å². The number of nitrogens with one attached hydrogen (secondary N) is 1. The van der Waals surface area contributed by atoms with E-state index in [1.807, 2.05) is 25.0 Å². The summed E-state index contributed by atoms with van der Waals surface area (Å²) in [6.07, 6.45) is 4.52. The van der Waals surface area contributed by atoms with Gasteiger partial charge in [0.25, 0.3) is 0 Å². The van der Waals surface area contributed by atoms with Gasteiger partial charge in [0.2, 0.25) is 0 Å². The first-order valence-corrected chi connectivity index (χ1v) is 5.67. The Morgan fingerprint density at radius 2 is 2.47 bits per heavy atom. The minimum Gasteiger partial charge on any atom is -0.318 e. The molecule has 0 spiro atoms. The number of aryl methyl sites for hydroxylation is 1. The van der Waals surface area contributed by atoms with E-state index in [9.17, 15) is 0 Å². The predicted octanol–water partition coefficient (Wildman–Crippen LogP) is 0.604. The van der Waals surface area contributed by atoms with Gasteiger partial charge in [0.15, 0.2) is 0 Å². The van der Waals surface area contributed by atoms with Crippen LogP contribution in [0.1, 0.15) is 18.5 Å². The normalized spacial score (nSPS) is 22.4. The van der Waals surface area contributed by atoms with Gasteiger partial charge in [0, 0.05) is 32.4 Å². The van der Waals surface area contributed by atoms with E-state index in [1.54, 1.807) is 0 Å². The van der Waals surface area contributed by atoms with Crippen molar-refractivity contribution < 1.29 is 0 Å². The molecule has 0 aliphatic carbocycles. The lowest BCUT2D eigenvalue weighted by Crippen LogP contribution is -2.36. The lowest BCUT2D eigenvalue weighted by Gasteiger charge is -2.23. The minimum atomic E-state index is 0.699. The summed E-state index contributed by atoms with van der Waals surface area (Å²) in [5.74, 6) is 0. The van der Waals surface area contributed by atoms with Gasteiger partial charge < -0.3 is 5.32 Å². The van der Waals surface area contributed by atoms with Gasteiger partial charge in [-0.2, -0.15) is 5.10 Å². The third-order valence-corrected chi connectivity index (χ3v) is 3.23. The second-order valence-electron chi connectivity index (χ2n) is 4.27. The number of nitrogens with zero attached hydrogens (tertiary/aromatic N) is 3. The Bertz CT molecular complexity index is 307. The van der Waals surface area contributed by atoms with Gasteiger partial charge in [0.1, 0.15) is 0 Å². The number of likely N-dealkylation sites (tertiary alicyclic amines) is 1. The van der Waals surface area contributed by atoms with Crippen molar-refractivity contribution in [1.82, 2.24) is 20.0 Å². The fourth-order valence-electron chi connectivity index (χ4n) is 2.33. The van der Waals surface area contributed by atoms with Crippen LogP contribution in [-0.4, -0.2) is 40.9 Å². The quantitative estimate of drug-likeness (QED) is 0.787. The topological polar surface area (TPSA) is 33.1 Å². The van der Waals surface area contributed by atoms with Crippen molar-refractivity contribution >= 4 is 0 Å². The summed E-state index contributed by atoms with van der Waals surface area (Å²) >= 11 is 0. The van der Waals surface area contributed by atoms with Gasteiger partial charge >= 0.3 is 0 Å². The van der Waals surface area contributed by atoms with Crippen molar-refractivity contribution in [1.29, 1.82) is 0 Å². The van der Waals surface area contributed by atoms with Crippen LogP contribution in [-0.2, 0) is 13.6 Å². The zero-order chi connectivity index (χ0) is 10.7. The highest BCUT2D eigenvalue weighted by Gasteiger charge is 2.24. The van der Waals surface area contributed by atoms with Crippen LogP contribution in [0.2, 0.25) is 0 Å². The van der Waals surface area contributed by atoms with Gasteiger partial charge in [-0.3, -0.25) is 9.58 Å². The molecule has 1 aromatic rings. The summed E-state index contributed by atoms with van der Waals surface area (Å²) in [6, 6.07) is 2.80. The van der Waals surface area contributed by atoms with Crippen LogP contribution in [0.25, 0.3) is 0 Å². The molecule has 84 valence electrons. The van der Waals surface area contributed by atoms with Crippen molar-refractivity contribution in [3.63, 3.8) is 0 Å². The van der Waals surface area contributed by atoms with E-state index < -0.39 is 0 Å². The third kappa shape index (κ3) is 2.38. The Labute approximate surface area is 91.3 Å². The number of aromatic nitrogens is 2. The van der Waals surface area contributed by atoms with E-state index in [-0.39, 0.29) is 0 Å². The molecule has 0 amide bonds. The number of hydrogen-bond donors (Lipinski definition) is 1. The van der Waals surface area contributed by atoms with Gasteiger partial charge in [-0.05, 0) is 32.5 Å². The highest BCUT2D eigenvalue weighted by molar-refractivity contribution is 5.01. The van der Waals surface area contributed by atoms with Crippen LogP contribution < -0.4 is 5.32 Å². The predicted molar refractivity (Wildman–Crippen MR) is 60.6 cm³/mol. The van der Waals surface area contributed by atoms with Crippen LogP contribution in [0.3, 0.4) is 0 Å². The third-order valence-electron chi connectivity index (χ3n) is 3.23. The molecule has 0 aromatic carbocycles. The van der Waals surface area contributed by atoms with Gasteiger partial charge in [-0.1, -0.05) is 0 Å². The Balaban J connectivity index is 1.96. The number of rotatable bonds is 4. The lowest BCUT2D eigenvalue weighted by atomic mass is 10.2. The molecular formula is C11H20N4. The number of likely N-dealkylation sites (N-methyl/N-ethyl adjacent to an activating group) is 1. The molecule has 1 unspecified atom stereocenters. The standard InChI is InChI=1S/C11H20N4/c1-12-8-10-4-3-7-15(10)9-11-5-6-13-14(11)2/h5-6,10,12H,3-4,7-9H2,1-2H3. The van der Waals surface area contributed by atoms with Gasteiger partial charge in [0.05, 0.1) is 5.69 Å². The second-order valence-corrected chi connectivity index (χ2v) is 4.27. The minimum absolute atomic E-state index is 0.699. The van der Waals surface area contributed by atoms with Crippen molar-refractivity contribution in [2.45, 2.75) is 25.4 Å². The van der Waals surface area contributed by atoms with E-state index in [0.29, 0.717) is 6.04 Å². The Morgan fingerprint density at radius 1 is 1.60 bits per heavy atom. The highest BCUT2D eigenvalue weighted by Crippen LogP contribution is 2.18. The molecule has 1 aliphatic heterocycles. The van der Waals surface area contributed by atoms with E-state index in [0.717, 1.165) is 13.1 Å². The zero-order valence-corrected chi connectivity index (χ0v) is 9.61. The lowest BCUT2D eigenvalue weighted by molar-refractivity contribution is 0.236. The van der Waals surface area contributed by atoms with Crippen LogP contribution >= 0.6 is 0 Å². The monoisotopic (exact) mass is 208 g/mol. The summed E-state index contributed by atoms with van der Waals surface area (Å²) in [4.78, 5) is 2.55. The Morgan fingerprint density at radius 3 is 3.13 bits per heavy atom. The summed E-state index contributed by atoms with van der Waals surface area (Å²) in [5, 5.41) is 7.47. The Kier molecular flexibility index (Phi) is 3.38. The summed E-state index contributed by atoms with van der Waals surface area (Å²) in [5.41, 5.74) is 1.30. The first-order valence-electron chi connectivity index (χ1n) is 5.67. The molecule has 2 rings (SSSR count). The molecule has 4 nitrogen and oxygen atoms in total. The maximum Gasteiger partial charge on any atom is 0.0521 e. The molecule has 1 aliphatic rings. The fourth-order valence-corrected chi connectivity index (χ4v) is 2.33. The highest BCUT2D eigenvalue weighted by atomic mass is 15.3. The van der Waals surface area contributed by atoms with Crippen molar-refractivity contribution in [2.75, 3.05) is 20.1 Å². The molecule has 0 bridgehead atoms. The molecule has 1 fully saturated rings. The van der Waals surface area contributed by atoms with Crippen molar-refractivity contribution in [3.05, 3.63) is 18.0 Å². The largest absolute Gasteiger partial charge is 0.318 e. The Hall–Kier alpha value is -0.870. The molecule has 1 saturated heterocycles. The maximum absolute atomic E-state index is 4.20. The van der Waals surface area contributed by atoms with Crippen LogP contribution in [0, 0.1) is 0 Å². The SMILES string of the molecule is CNCC1CCCN1Cc1ccnn1C. The van der Waals surface area contributed by atoms with Crippen LogP contribution in [0.5, 0.6) is 0 Å². The number of hydrogen-bond acceptors (Lipinski definition) is 3. The zero-order valence-electron chi connectivity index (χ0n) is 9.61. The molecule has 1 atom stereocenters. The fraction of sp³-hybridized carbons (Fsp3) is 0.727. The molecular weight excluding hydrogens is 188 g/mol. The van der Waals surface area contributed by atoms with Crippen LogP contribution in [0.4, 0.5) is 0 Å². The van der Waals surface area contributed by atoms with E-state index in [4.69, 9.17) is 0 Å².